The summed E-state index contributed by atoms with van der Waals surface area (Å²) in [6.07, 6.45) is 1.47. The summed E-state index contributed by atoms with van der Waals surface area (Å²) in [7, 11) is 1.50. The number of carbonyl (C=O) groups is 1. The fourth-order valence-corrected chi connectivity index (χ4v) is 3.15. The van der Waals surface area contributed by atoms with E-state index in [1.807, 2.05) is 25.1 Å². The van der Waals surface area contributed by atoms with E-state index >= 15 is 0 Å². The Labute approximate surface area is 198 Å². The van der Waals surface area contributed by atoms with E-state index in [1.165, 1.54) is 13.2 Å². The molecule has 170 valence electrons. The Balaban J connectivity index is 1.76. The number of anilines is 1. The number of benzene rings is 3. The summed E-state index contributed by atoms with van der Waals surface area (Å²) in [5.41, 5.74) is 2.35. The third-order valence-electron chi connectivity index (χ3n) is 4.79. The average molecular weight is 453 g/mol. The molecule has 0 aliphatic rings. The molecule has 0 spiro atoms. The predicted octanol–water partition coefficient (Wildman–Crippen LogP) is 5.09. The van der Waals surface area contributed by atoms with E-state index in [2.05, 4.69) is 11.4 Å². The molecule has 1 amide bonds. The maximum absolute atomic E-state index is 12.6. The summed E-state index contributed by atoms with van der Waals surface area (Å²) >= 11 is 0. The summed E-state index contributed by atoms with van der Waals surface area (Å²) in [5, 5.41) is 21.5. The molecule has 0 aliphatic carbocycles. The highest BCUT2D eigenvalue weighted by atomic mass is 16.5. The molecule has 1 N–H and O–H groups in total. The van der Waals surface area contributed by atoms with E-state index in [9.17, 15) is 15.3 Å². The molecule has 0 saturated carbocycles. The Hall–Kier alpha value is -4.75. The van der Waals surface area contributed by atoms with Crippen molar-refractivity contribution in [3.8, 4) is 29.4 Å². The van der Waals surface area contributed by atoms with Crippen molar-refractivity contribution in [2.24, 2.45) is 0 Å². The van der Waals surface area contributed by atoms with E-state index in [1.54, 1.807) is 54.6 Å². The van der Waals surface area contributed by atoms with Crippen molar-refractivity contribution < 1.29 is 19.0 Å². The van der Waals surface area contributed by atoms with E-state index in [-0.39, 0.29) is 12.2 Å². The molecule has 7 heteroatoms. The molecule has 34 heavy (non-hydrogen) atoms. The number of nitriles is 2. The molecule has 0 saturated heterocycles. The molecular formula is C27H23N3O4. The first-order chi connectivity index (χ1) is 16.6. The highest BCUT2D eigenvalue weighted by Crippen LogP contribution is 2.30. The second-order valence-electron chi connectivity index (χ2n) is 7.05. The van der Waals surface area contributed by atoms with Crippen LogP contribution in [0.2, 0.25) is 0 Å². The minimum atomic E-state index is -0.538. The number of rotatable bonds is 9. The SMILES string of the molecule is CCOc1cccc(NC(=O)/C(C#N)=C\c2ccc(OCc3ccccc3C#N)c(OC)c2)c1. The zero-order valence-electron chi connectivity index (χ0n) is 18.9. The van der Waals surface area contributed by atoms with Gasteiger partial charge >= 0.3 is 0 Å². The highest BCUT2D eigenvalue weighted by molar-refractivity contribution is 6.09. The summed E-state index contributed by atoms with van der Waals surface area (Å²) < 4.78 is 16.7. The van der Waals surface area contributed by atoms with Gasteiger partial charge in [0, 0.05) is 17.3 Å². The maximum atomic E-state index is 12.6. The zero-order valence-corrected chi connectivity index (χ0v) is 18.9. The van der Waals surface area contributed by atoms with Crippen molar-refractivity contribution in [1.29, 1.82) is 10.5 Å². The molecule has 0 aromatic heterocycles. The monoisotopic (exact) mass is 453 g/mol. The van der Waals surface area contributed by atoms with Crippen molar-refractivity contribution in [3.63, 3.8) is 0 Å². The Kier molecular flexibility index (Phi) is 8.26. The topological polar surface area (TPSA) is 104 Å². The molecule has 0 unspecified atom stereocenters. The lowest BCUT2D eigenvalue weighted by Gasteiger charge is -2.12. The smallest absolute Gasteiger partial charge is 0.266 e. The van der Waals surface area contributed by atoms with Crippen LogP contribution in [0, 0.1) is 22.7 Å². The second-order valence-corrected chi connectivity index (χ2v) is 7.05. The standard InChI is InChI=1S/C27H23N3O4/c1-3-33-24-10-6-9-23(15-24)30-27(31)22(17-29)13-19-11-12-25(26(14-19)32-2)34-18-21-8-5-4-7-20(21)16-28/h4-15H,3,18H2,1-2H3,(H,30,31)/b22-13-. The molecule has 3 aromatic rings. The first-order valence-electron chi connectivity index (χ1n) is 10.5. The van der Waals surface area contributed by atoms with Crippen molar-refractivity contribution in [2.45, 2.75) is 13.5 Å². The summed E-state index contributed by atoms with van der Waals surface area (Å²) in [4.78, 5) is 12.6. The van der Waals surface area contributed by atoms with Crippen LogP contribution in [0.15, 0.2) is 72.3 Å². The van der Waals surface area contributed by atoms with Crippen LogP contribution in [0.3, 0.4) is 0 Å². The van der Waals surface area contributed by atoms with Crippen molar-refractivity contribution in [1.82, 2.24) is 0 Å². The van der Waals surface area contributed by atoms with Crippen LogP contribution in [0.4, 0.5) is 5.69 Å². The zero-order chi connectivity index (χ0) is 24.3. The van der Waals surface area contributed by atoms with Gasteiger partial charge in [0.05, 0.1) is 25.3 Å². The maximum Gasteiger partial charge on any atom is 0.266 e. The van der Waals surface area contributed by atoms with Gasteiger partial charge in [0.25, 0.3) is 5.91 Å². The molecule has 0 aliphatic heterocycles. The third kappa shape index (κ3) is 6.15. The van der Waals surface area contributed by atoms with Crippen LogP contribution >= 0.6 is 0 Å². The van der Waals surface area contributed by atoms with Crippen molar-refractivity contribution in [2.75, 3.05) is 19.0 Å². The fourth-order valence-electron chi connectivity index (χ4n) is 3.15. The number of ether oxygens (including phenoxy) is 3. The summed E-state index contributed by atoms with van der Waals surface area (Å²) in [6.45, 7) is 2.58. The largest absolute Gasteiger partial charge is 0.494 e. The van der Waals surface area contributed by atoms with E-state index < -0.39 is 5.91 Å². The Morgan fingerprint density at radius 1 is 1.00 bits per heavy atom. The molecule has 3 aromatic carbocycles. The fraction of sp³-hybridized carbons (Fsp3) is 0.148. The molecule has 0 fully saturated rings. The van der Waals surface area contributed by atoms with Crippen LogP contribution in [0.1, 0.15) is 23.6 Å². The predicted molar refractivity (Wildman–Crippen MR) is 128 cm³/mol. The number of hydrogen-bond donors (Lipinski definition) is 1. The first-order valence-corrected chi connectivity index (χ1v) is 10.5. The minimum Gasteiger partial charge on any atom is -0.494 e. The lowest BCUT2D eigenvalue weighted by Crippen LogP contribution is -2.13. The van der Waals surface area contributed by atoms with E-state index in [4.69, 9.17) is 14.2 Å². The number of carbonyl (C=O) groups excluding carboxylic acids is 1. The Morgan fingerprint density at radius 3 is 2.56 bits per heavy atom. The molecule has 0 bridgehead atoms. The van der Waals surface area contributed by atoms with E-state index in [0.717, 1.165) is 5.56 Å². The Bertz CT molecular complexity index is 1290. The van der Waals surface area contributed by atoms with Gasteiger partial charge in [-0.05, 0) is 48.9 Å². The lowest BCUT2D eigenvalue weighted by atomic mass is 10.1. The van der Waals surface area contributed by atoms with Gasteiger partial charge in [0.1, 0.15) is 24.0 Å². The van der Waals surface area contributed by atoms with Crippen LogP contribution < -0.4 is 19.5 Å². The minimum absolute atomic E-state index is 0.0690. The summed E-state index contributed by atoms with van der Waals surface area (Å²) in [6, 6.07) is 23.3. The van der Waals surface area contributed by atoms with Crippen LogP contribution in [0.25, 0.3) is 6.08 Å². The average Bonchev–Trinajstić information content (AvgIpc) is 2.86. The van der Waals surface area contributed by atoms with Crippen LogP contribution in [0.5, 0.6) is 17.2 Å². The highest BCUT2D eigenvalue weighted by Gasteiger charge is 2.12. The van der Waals surface area contributed by atoms with Gasteiger partial charge in [-0.2, -0.15) is 10.5 Å². The van der Waals surface area contributed by atoms with Crippen molar-refractivity contribution >= 4 is 17.7 Å². The second kappa shape index (κ2) is 11.8. The number of methoxy groups -OCH3 is 1. The quantitative estimate of drug-likeness (QED) is 0.357. The lowest BCUT2D eigenvalue weighted by molar-refractivity contribution is -0.112. The Morgan fingerprint density at radius 2 is 1.82 bits per heavy atom. The number of nitrogens with zero attached hydrogens (tertiary/aromatic N) is 2. The molecular weight excluding hydrogens is 430 g/mol. The molecule has 0 radical (unpaired) electrons. The van der Waals surface area contributed by atoms with Gasteiger partial charge in [-0.25, -0.2) is 0 Å². The van der Waals surface area contributed by atoms with Gasteiger partial charge in [0.2, 0.25) is 0 Å². The third-order valence-corrected chi connectivity index (χ3v) is 4.79. The molecule has 7 nitrogen and oxygen atoms in total. The number of nitrogens with one attached hydrogen (secondary N) is 1. The van der Waals surface area contributed by atoms with Gasteiger partial charge in [0.15, 0.2) is 11.5 Å². The van der Waals surface area contributed by atoms with E-state index in [0.29, 0.717) is 40.7 Å². The molecule has 0 heterocycles. The van der Waals surface area contributed by atoms with Crippen LogP contribution in [-0.2, 0) is 11.4 Å². The van der Waals surface area contributed by atoms with Gasteiger partial charge < -0.3 is 19.5 Å². The number of amides is 1. The van der Waals surface area contributed by atoms with Gasteiger partial charge in [-0.1, -0.05) is 30.3 Å². The van der Waals surface area contributed by atoms with Gasteiger partial charge in [-0.15, -0.1) is 0 Å². The first kappa shape index (κ1) is 23.9. The van der Waals surface area contributed by atoms with Gasteiger partial charge in [-0.3, -0.25) is 4.79 Å². The summed E-state index contributed by atoms with van der Waals surface area (Å²) in [5.74, 6) is 0.998. The number of hydrogen-bond acceptors (Lipinski definition) is 6. The molecule has 3 rings (SSSR count). The van der Waals surface area contributed by atoms with Crippen molar-refractivity contribution in [3.05, 3.63) is 89.0 Å². The normalized spacial score (nSPS) is 10.5. The van der Waals surface area contributed by atoms with Crippen LogP contribution in [-0.4, -0.2) is 19.6 Å². The molecule has 0 atom stereocenters.